The Morgan fingerprint density at radius 3 is 2.88 bits per heavy atom. The summed E-state index contributed by atoms with van der Waals surface area (Å²) in [7, 11) is 3.61. The van der Waals surface area contributed by atoms with Crippen molar-refractivity contribution in [1.82, 2.24) is 10.3 Å². The van der Waals surface area contributed by atoms with E-state index in [0.29, 0.717) is 6.61 Å². The molecule has 0 bridgehead atoms. The molecule has 0 amide bonds. The summed E-state index contributed by atoms with van der Waals surface area (Å²) in [6, 6.07) is 1.90. The minimum Gasteiger partial charge on any atom is -0.493 e. The summed E-state index contributed by atoms with van der Waals surface area (Å²) < 4.78 is 10.6. The van der Waals surface area contributed by atoms with Gasteiger partial charge in [0.2, 0.25) is 0 Å². The lowest BCUT2D eigenvalue weighted by atomic mass is 10.2. The van der Waals surface area contributed by atoms with Gasteiger partial charge >= 0.3 is 0 Å². The fraction of sp³-hybridized carbons (Fsp3) is 0.583. The Hall–Kier alpha value is -1.13. The lowest BCUT2D eigenvalue weighted by Crippen LogP contribution is -2.10. The molecule has 0 spiro atoms. The number of methoxy groups -OCH3 is 1. The molecule has 1 aromatic rings. The van der Waals surface area contributed by atoms with Crippen LogP contribution in [0.25, 0.3) is 0 Å². The summed E-state index contributed by atoms with van der Waals surface area (Å²) in [6.07, 6.45) is 2.69. The standard InChI is InChI=1S/C12H20N2O2/c1-10-11(9-13-2)14-6-5-12(10)16-8-4-7-15-3/h5-6,13H,4,7-9H2,1-3H3. The van der Waals surface area contributed by atoms with E-state index in [1.807, 2.05) is 20.0 Å². The van der Waals surface area contributed by atoms with Gasteiger partial charge in [0.05, 0.1) is 12.3 Å². The van der Waals surface area contributed by atoms with Gasteiger partial charge in [-0.3, -0.25) is 4.98 Å². The molecule has 1 rings (SSSR count). The molecular weight excluding hydrogens is 204 g/mol. The van der Waals surface area contributed by atoms with Crippen LogP contribution in [-0.4, -0.2) is 32.4 Å². The lowest BCUT2D eigenvalue weighted by molar-refractivity contribution is 0.172. The Kier molecular flexibility index (Phi) is 5.82. The molecule has 0 aliphatic rings. The summed E-state index contributed by atoms with van der Waals surface area (Å²) in [6.45, 7) is 4.21. The fourth-order valence-electron chi connectivity index (χ4n) is 1.45. The maximum atomic E-state index is 5.68. The maximum absolute atomic E-state index is 5.68. The van der Waals surface area contributed by atoms with Gasteiger partial charge in [-0.1, -0.05) is 0 Å². The molecule has 0 fully saturated rings. The van der Waals surface area contributed by atoms with Gasteiger partial charge in [0.25, 0.3) is 0 Å². The van der Waals surface area contributed by atoms with Crippen molar-refractivity contribution in [3.63, 3.8) is 0 Å². The minimum atomic E-state index is 0.678. The first-order chi connectivity index (χ1) is 7.79. The third-order valence-electron chi connectivity index (χ3n) is 2.35. The van der Waals surface area contributed by atoms with Crippen LogP contribution in [0.2, 0.25) is 0 Å². The quantitative estimate of drug-likeness (QED) is 0.713. The SMILES string of the molecule is CNCc1nccc(OCCCOC)c1C. The number of aromatic nitrogens is 1. The molecule has 1 N–H and O–H groups in total. The topological polar surface area (TPSA) is 43.4 Å². The first-order valence-electron chi connectivity index (χ1n) is 5.50. The van der Waals surface area contributed by atoms with Crippen molar-refractivity contribution in [3.05, 3.63) is 23.5 Å². The largest absolute Gasteiger partial charge is 0.493 e. The average molecular weight is 224 g/mol. The Balaban J connectivity index is 2.55. The van der Waals surface area contributed by atoms with E-state index >= 15 is 0 Å². The molecule has 0 aliphatic carbocycles. The predicted octanol–water partition coefficient (Wildman–Crippen LogP) is 1.52. The molecule has 0 radical (unpaired) electrons. The van der Waals surface area contributed by atoms with Gasteiger partial charge in [-0.15, -0.1) is 0 Å². The number of ether oxygens (including phenoxy) is 2. The van der Waals surface area contributed by atoms with Crippen LogP contribution in [0, 0.1) is 6.92 Å². The van der Waals surface area contributed by atoms with Crippen LogP contribution >= 0.6 is 0 Å². The highest BCUT2D eigenvalue weighted by Crippen LogP contribution is 2.19. The molecule has 4 heteroatoms. The first kappa shape index (κ1) is 12.9. The van der Waals surface area contributed by atoms with E-state index in [9.17, 15) is 0 Å². The Morgan fingerprint density at radius 1 is 1.38 bits per heavy atom. The van der Waals surface area contributed by atoms with Crippen LogP contribution in [0.3, 0.4) is 0 Å². The molecule has 1 aromatic heterocycles. The number of hydrogen-bond donors (Lipinski definition) is 1. The van der Waals surface area contributed by atoms with Crippen molar-refractivity contribution in [1.29, 1.82) is 0 Å². The van der Waals surface area contributed by atoms with E-state index in [1.54, 1.807) is 13.3 Å². The highest BCUT2D eigenvalue weighted by Gasteiger charge is 2.05. The first-order valence-corrected chi connectivity index (χ1v) is 5.50. The van der Waals surface area contributed by atoms with Gasteiger partial charge in [-0.2, -0.15) is 0 Å². The van der Waals surface area contributed by atoms with Crippen molar-refractivity contribution in [2.24, 2.45) is 0 Å². The fourth-order valence-corrected chi connectivity index (χ4v) is 1.45. The second-order valence-electron chi connectivity index (χ2n) is 3.61. The monoisotopic (exact) mass is 224 g/mol. The van der Waals surface area contributed by atoms with E-state index in [2.05, 4.69) is 10.3 Å². The Morgan fingerprint density at radius 2 is 2.19 bits per heavy atom. The number of hydrogen-bond acceptors (Lipinski definition) is 4. The van der Waals surface area contributed by atoms with E-state index in [0.717, 1.165) is 36.6 Å². The second-order valence-corrected chi connectivity index (χ2v) is 3.61. The van der Waals surface area contributed by atoms with Gasteiger partial charge in [0, 0.05) is 38.4 Å². The van der Waals surface area contributed by atoms with Crippen LogP contribution in [-0.2, 0) is 11.3 Å². The molecule has 0 atom stereocenters. The van der Waals surface area contributed by atoms with Crippen molar-refractivity contribution >= 4 is 0 Å². The smallest absolute Gasteiger partial charge is 0.125 e. The third kappa shape index (κ3) is 3.79. The van der Waals surface area contributed by atoms with Gasteiger partial charge < -0.3 is 14.8 Å². The van der Waals surface area contributed by atoms with E-state index in [4.69, 9.17) is 9.47 Å². The zero-order valence-corrected chi connectivity index (χ0v) is 10.2. The number of nitrogens with one attached hydrogen (secondary N) is 1. The van der Waals surface area contributed by atoms with E-state index < -0.39 is 0 Å². The zero-order chi connectivity index (χ0) is 11.8. The van der Waals surface area contributed by atoms with Crippen molar-refractivity contribution < 1.29 is 9.47 Å². The molecular formula is C12H20N2O2. The maximum Gasteiger partial charge on any atom is 0.125 e. The highest BCUT2D eigenvalue weighted by molar-refractivity contribution is 5.34. The summed E-state index contributed by atoms with van der Waals surface area (Å²) >= 11 is 0. The van der Waals surface area contributed by atoms with Gasteiger partial charge in [-0.05, 0) is 20.0 Å². The number of nitrogens with zero attached hydrogens (tertiary/aromatic N) is 1. The summed E-state index contributed by atoms with van der Waals surface area (Å²) in [5.41, 5.74) is 2.14. The Bertz CT molecular complexity index is 316. The summed E-state index contributed by atoms with van der Waals surface area (Å²) in [5, 5.41) is 3.09. The molecule has 0 saturated carbocycles. The minimum absolute atomic E-state index is 0.678. The molecule has 0 saturated heterocycles. The molecule has 0 aromatic carbocycles. The summed E-state index contributed by atoms with van der Waals surface area (Å²) in [4.78, 5) is 4.31. The van der Waals surface area contributed by atoms with E-state index in [1.165, 1.54) is 0 Å². The van der Waals surface area contributed by atoms with Gasteiger partial charge in [0.15, 0.2) is 0 Å². The second kappa shape index (κ2) is 7.19. The highest BCUT2D eigenvalue weighted by atomic mass is 16.5. The van der Waals surface area contributed by atoms with Gasteiger partial charge in [-0.25, -0.2) is 0 Å². The lowest BCUT2D eigenvalue weighted by Gasteiger charge is -2.11. The normalized spacial score (nSPS) is 10.4. The molecule has 4 nitrogen and oxygen atoms in total. The molecule has 0 aliphatic heterocycles. The van der Waals surface area contributed by atoms with E-state index in [-0.39, 0.29) is 0 Å². The molecule has 16 heavy (non-hydrogen) atoms. The predicted molar refractivity (Wildman–Crippen MR) is 63.7 cm³/mol. The third-order valence-corrected chi connectivity index (χ3v) is 2.35. The molecule has 0 unspecified atom stereocenters. The van der Waals surface area contributed by atoms with Crippen molar-refractivity contribution in [3.8, 4) is 5.75 Å². The van der Waals surface area contributed by atoms with Crippen LogP contribution in [0.5, 0.6) is 5.75 Å². The molecule has 90 valence electrons. The van der Waals surface area contributed by atoms with Crippen molar-refractivity contribution in [2.75, 3.05) is 27.4 Å². The van der Waals surface area contributed by atoms with Crippen LogP contribution < -0.4 is 10.1 Å². The number of pyridine rings is 1. The Labute approximate surface area is 97.0 Å². The van der Waals surface area contributed by atoms with Crippen LogP contribution in [0.4, 0.5) is 0 Å². The zero-order valence-electron chi connectivity index (χ0n) is 10.2. The number of rotatable bonds is 7. The summed E-state index contributed by atoms with van der Waals surface area (Å²) in [5.74, 6) is 0.913. The van der Waals surface area contributed by atoms with Crippen LogP contribution in [0.15, 0.2) is 12.3 Å². The van der Waals surface area contributed by atoms with Gasteiger partial charge in [0.1, 0.15) is 5.75 Å². The van der Waals surface area contributed by atoms with Crippen LogP contribution in [0.1, 0.15) is 17.7 Å². The molecule has 1 heterocycles. The van der Waals surface area contributed by atoms with Crippen molar-refractivity contribution in [2.45, 2.75) is 19.9 Å². The average Bonchev–Trinajstić information content (AvgIpc) is 2.29.